The molecule has 1 aromatic carbocycles. The zero-order chi connectivity index (χ0) is 14.1. The van der Waals surface area contributed by atoms with Crippen molar-refractivity contribution in [3.63, 3.8) is 0 Å². The summed E-state index contributed by atoms with van der Waals surface area (Å²) < 4.78 is 0. The highest BCUT2D eigenvalue weighted by Crippen LogP contribution is 2.45. The van der Waals surface area contributed by atoms with Crippen LogP contribution in [0.25, 0.3) is 0 Å². The molecule has 1 spiro atoms. The van der Waals surface area contributed by atoms with E-state index in [0.29, 0.717) is 5.41 Å². The highest BCUT2D eigenvalue weighted by atomic mass is 15.2. The first-order valence-corrected chi connectivity index (χ1v) is 8.86. The first-order valence-electron chi connectivity index (χ1n) is 8.86. The predicted molar refractivity (Wildman–Crippen MR) is 87.5 cm³/mol. The molecule has 1 N–H and O–H groups in total. The lowest BCUT2D eigenvalue weighted by Gasteiger charge is -2.57. The monoisotopic (exact) mass is 284 g/mol. The van der Waals surface area contributed by atoms with Crippen LogP contribution in [0.4, 0.5) is 0 Å². The Kier molecular flexibility index (Phi) is 3.76. The van der Waals surface area contributed by atoms with E-state index in [1.807, 2.05) is 0 Å². The summed E-state index contributed by atoms with van der Waals surface area (Å²) in [5.74, 6) is 0.777. The Hall–Kier alpha value is -0.860. The van der Waals surface area contributed by atoms with Crippen molar-refractivity contribution in [2.24, 2.45) is 5.41 Å². The van der Waals surface area contributed by atoms with Crippen LogP contribution in [0.15, 0.2) is 30.3 Å². The van der Waals surface area contributed by atoms with Crippen LogP contribution >= 0.6 is 0 Å². The summed E-state index contributed by atoms with van der Waals surface area (Å²) in [7, 11) is 0. The van der Waals surface area contributed by atoms with Gasteiger partial charge in [-0.1, -0.05) is 43.2 Å². The van der Waals surface area contributed by atoms with Gasteiger partial charge < -0.3 is 5.32 Å². The molecule has 0 radical (unpaired) electrons. The van der Waals surface area contributed by atoms with Crippen molar-refractivity contribution in [2.45, 2.75) is 50.5 Å². The molecular formula is C19H28N2. The molecule has 2 aliphatic heterocycles. The molecule has 4 rings (SSSR count). The Labute approximate surface area is 128 Å². The highest BCUT2D eigenvalue weighted by molar-refractivity contribution is 5.22. The lowest BCUT2D eigenvalue weighted by molar-refractivity contribution is -0.0643. The molecule has 1 saturated carbocycles. The van der Waals surface area contributed by atoms with Gasteiger partial charge in [0, 0.05) is 19.1 Å². The van der Waals surface area contributed by atoms with Gasteiger partial charge in [-0.15, -0.1) is 0 Å². The van der Waals surface area contributed by atoms with E-state index < -0.39 is 0 Å². The minimum atomic E-state index is 0.671. The second kappa shape index (κ2) is 5.73. The molecule has 0 bridgehead atoms. The van der Waals surface area contributed by atoms with E-state index >= 15 is 0 Å². The Balaban J connectivity index is 1.46. The number of hydrogen-bond acceptors (Lipinski definition) is 2. The van der Waals surface area contributed by atoms with Gasteiger partial charge >= 0.3 is 0 Å². The average Bonchev–Trinajstić information content (AvgIpc) is 2.54. The smallest absolute Gasteiger partial charge is 0.0164 e. The van der Waals surface area contributed by atoms with Gasteiger partial charge in [0.05, 0.1) is 0 Å². The molecule has 3 aliphatic rings. The third-order valence-electron chi connectivity index (χ3n) is 6.17. The molecule has 3 fully saturated rings. The normalized spacial score (nSPS) is 32.8. The Morgan fingerprint density at radius 2 is 1.67 bits per heavy atom. The summed E-state index contributed by atoms with van der Waals surface area (Å²) in [4.78, 5) is 2.82. The lowest BCUT2D eigenvalue weighted by atomic mass is 9.69. The van der Waals surface area contributed by atoms with Gasteiger partial charge in [-0.05, 0) is 55.7 Å². The van der Waals surface area contributed by atoms with Crippen molar-refractivity contribution in [1.82, 2.24) is 10.2 Å². The van der Waals surface area contributed by atoms with Crippen molar-refractivity contribution in [3.05, 3.63) is 35.9 Å². The molecular weight excluding hydrogens is 256 g/mol. The topological polar surface area (TPSA) is 15.3 Å². The minimum Gasteiger partial charge on any atom is -0.317 e. The van der Waals surface area contributed by atoms with E-state index in [-0.39, 0.29) is 0 Å². The number of piperidine rings is 1. The maximum atomic E-state index is 3.52. The fraction of sp³-hybridized carbons (Fsp3) is 0.684. The molecule has 2 unspecified atom stereocenters. The summed E-state index contributed by atoms with van der Waals surface area (Å²) >= 11 is 0. The summed E-state index contributed by atoms with van der Waals surface area (Å²) in [5.41, 5.74) is 2.25. The third kappa shape index (κ3) is 2.64. The number of nitrogens with zero attached hydrogens (tertiary/aromatic N) is 1. The van der Waals surface area contributed by atoms with Crippen LogP contribution in [-0.4, -0.2) is 37.1 Å². The van der Waals surface area contributed by atoms with Crippen molar-refractivity contribution < 1.29 is 0 Å². The molecule has 2 saturated heterocycles. The highest BCUT2D eigenvalue weighted by Gasteiger charge is 2.47. The molecule has 1 aromatic rings. The first kappa shape index (κ1) is 13.8. The minimum absolute atomic E-state index is 0.671. The first-order chi connectivity index (χ1) is 10.4. The van der Waals surface area contributed by atoms with Gasteiger partial charge in [0.15, 0.2) is 0 Å². The molecule has 0 aromatic heterocycles. The number of nitrogens with one attached hydrogen (secondary N) is 1. The van der Waals surface area contributed by atoms with Crippen LogP contribution in [0.5, 0.6) is 0 Å². The van der Waals surface area contributed by atoms with Gasteiger partial charge in [-0.25, -0.2) is 0 Å². The molecule has 2 heterocycles. The van der Waals surface area contributed by atoms with Crippen LogP contribution in [0, 0.1) is 5.41 Å². The number of rotatable bonds is 2. The van der Waals surface area contributed by atoms with Crippen LogP contribution < -0.4 is 5.32 Å². The van der Waals surface area contributed by atoms with E-state index in [0.717, 1.165) is 12.0 Å². The SMILES string of the molecule is c1ccc(C2CCCCC2N2CC3(CCNCC3)C2)cc1. The van der Waals surface area contributed by atoms with E-state index in [1.165, 1.54) is 64.7 Å². The fourth-order valence-electron chi connectivity index (χ4n) is 4.96. The molecule has 1 aliphatic carbocycles. The van der Waals surface area contributed by atoms with Crippen LogP contribution in [0.2, 0.25) is 0 Å². The lowest BCUT2D eigenvalue weighted by Crippen LogP contribution is -2.63. The van der Waals surface area contributed by atoms with Crippen LogP contribution in [0.3, 0.4) is 0 Å². The Bertz CT molecular complexity index is 456. The average molecular weight is 284 g/mol. The summed E-state index contributed by atoms with van der Waals surface area (Å²) in [5, 5.41) is 3.52. The zero-order valence-electron chi connectivity index (χ0n) is 13.1. The second-order valence-corrected chi connectivity index (χ2v) is 7.52. The van der Waals surface area contributed by atoms with E-state index in [1.54, 1.807) is 5.56 Å². The summed E-state index contributed by atoms with van der Waals surface area (Å²) in [6.07, 6.45) is 8.43. The van der Waals surface area contributed by atoms with Gasteiger partial charge in [0.2, 0.25) is 0 Å². The van der Waals surface area contributed by atoms with E-state index in [4.69, 9.17) is 0 Å². The molecule has 2 heteroatoms. The maximum Gasteiger partial charge on any atom is 0.0164 e. The van der Waals surface area contributed by atoms with Gasteiger partial charge in [-0.3, -0.25) is 4.90 Å². The molecule has 21 heavy (non-hydrogen) atoms. The summed E-state index contributed by atoms with van der Waals surface area (Å²) in [6.45, 7) is 5.20. The van der Waals surface area contributed by atoms with E-state index in [9.17, 15) is 0 Å². The van der Waals surface area contributed by atoms with Crippen molar-refractivity contribution in [1.29, 1.82) is 0 Å². The van der Waals surface area contributed by atoms with E-state index in [2.05, 4.69) is 40.5 Å². The second-order valence-electron chi connectivity index (χ2n) is 7.52. The Morgan fingerprint density at radius 1 is 0.952 bits per heavy atom. The van der Waals surface area contributed by atoms with Crippen molar-refractivity contribution in [2.75, 3.05) is 26.2 Å². The Morgan fingerprint density at radius 3 is 2.43 bits per heavy atom. The fourth-order valence-corrected chi connectivity index (χ4v) is 4.96. The predicted octanol–water partition coefficient (Wildman–Crippen LogP) is 3.40. The standard InChI is InChI=1S/C19H28N2/c1-2-6-16(7-3-1)17-8-4-5-9-18(17)21-14-19(15-21)10-12-20-13-11-19/h1-3,6-7,17-18,20H,4-5,8-15H2. The van der Waals surface area contributed by atoms with Crippen molar-refractivity contribution >= 4 is 0 Å². The largest absolute Gasteiger partial charge is 0.317 e. The van der Waals surface area contributed by atoms with Crippen LogP contribution in [0.1, 0.15) is 50.0 Å². The number of benzene rings is 1. The van der Waals surface area contributed by atoms with Crippen LogP contribution in [-0.2, 0) is 0 Å². The molecule has 2 atom stereocenters. The quantitative estimate of drug-likeness (QED) is 0.895. The van der Waals surface area contributed by atoms with Gasteiger partial charge in [0.1, 0.15) is 0 Å². The number of likely N-dealkylation sites (tertiary alicyclic amines) is 1. The molecule has 2 nitrogen and oxygen atoms in total. The molecule has 0 amide bonds. The third-order valence-corrected chi connectivity index (χ3v) is 6.17. The molecule has 114 valence electrons. The number of hydrogen-bond donors (Lipinski definition) is 1. The van der Waals surface area contributed by atoms with Gasteiger partial charge in [0.25, 0.3) is 0 Å². The summed E-state index contributed by atoms with van der Waals surface area (Å²) in [6, 6.07) is 12.1. The van der Waals surface area contributed by atoms with Gasteiger partial charge in [-0.2, -0.15) is 0 Å². The maximum absolute atomic E-state index is 3.52. The zero-order valence-corrected chi connectivity index (χ0v) is 13.1. The van der Waals surface area contributed by atoms with Crippen molar-refractivity contribution in [3.8, 4) is 0 Å².